The summed E-state index contributed by atoms with van der Waals surface area (Å²) < 4.78 is 37.6. The molecule has 9 nitrogen and oxygen atoms in total. The van der Waals surface area contributed by atoms with Crippen LogP contribution in [0.25, 0.3) is 0 Å². The van der Waals surface area contributed by atoms with Crippen molar-refractivity contribution < 1.29 is 27.5 Å². The fourth-order valence-electron chi connectivity index (χ4n) is 3.24. The molecule has 1 saturated heterocycles. The number of hydrogen-bond acceptors (Lipinski definition) is 6. The fraction of sp³-hybridized carbons (Fsp3) is 0.333. The number of halogens is 1. The minimum atomic E-state index is -3.84. The summed E-state index contributed by atoms with van der Waals surface area (Å²) in [4.78, 5) is 24.3. The zero-order chi connectivity index (χ0) is 23.1. The highest BCUT2D eigenvalue weighted by atomic mass is 35.5. The Hall–Kier alpha value is -2.66. The zero-order valence-electron chi connectivity index (χ0n) is 17.4. The van der Waals surface area contributed by atoms with Crippen molar-refractivity contribution >= 4 is 33.4 Å². The molecule has 1 fully saturated rings. The molecule has 0 aliphatic carbocycles. The highest BCUT2D eigenvalue weighted by Crippen LogP contribution is 2.23. The summed E-state index contributed by atoms with van der Waals surface area (Å²) in [5.74, 6) is -0.985. The molecule has 0 spiro atoms. The SMILES string of the molecule is COc1ccccc1CCNC(=O)C(=O)NC[C@H]1OCCN1S(=O)(=O)c1ccc(Cl)cc1. The molecule has 0 radical (unpaired) electrons. The molecule has 2 aromatic rings. The van der Waals surface area contributed by atoms with E-state index in [1.54, 1.807) is 7.11 Å². The van der Waals surface area contributed by atoms with Crippen molar-refractivity contribution in [1.29, 1.82) is 0 Å². The summed E-state index contributed by atoms with van der Waals surface area (Å²) in [6, 6.07) is 13.2. The number of sulfonamides is 1. The van der Waals surface area contributed by atoms with E-state index in [9.17, 15) is 18.0 Å². The topological polar surface area (TPSA) is 114 Å². The summed E-state index contributed by atoms with van der Waals surface area (Å²) >= 11 is 5.83. The van der Waals surface area contributed by atoms with Crippen molar-refractivity contribution in [3.8, 4) is 5.75 Å². The van der Waals surface area contributed by atoms with Gasteiger partial charge in [0, 0.05) is 18.1 Å². The van der Waals surface area contributed by atoms with Crippen LogP contribution in [0.1, 0.15) is 5.56 Å². The van der Waals surface area contributed by atoms with Crippen molar-refractivity contribution in [1.82, 2.24) is 14.9 Å². The molecule has 3 rings (SSSR count). The second kappa shape index (κ2) is 10.8. The normalized spacial score (nSPS) is 16.5. The van der Waals surface area contributed by atoms with Crippen molar-refractivity contribution in [2.75, 3.05) is 33.4 Å². The van der Waals surface area contributed by atoms with Crippen LogP contribution in [0.15, 0.2) is 53.4 Å². The van der Waals surface area contributed by atoms with Crippen LogP contribution < -0.4 is 15.4 Å². The molecule has 1 aliphatic rings. The fourth-order valence-corrected chi connectivity index (χ4v) is 4.88. The Balaban J connectivity index is 1.51. The number of nitrogens with zero attached hydrogens (tertiary/aromatic N) is 1. The van der Waals surface area contributed by atoms with Gasteiger partial charge in [0.2, 0.25) is 10.0 Å². The number of ether oxygens (including phenoxy) is 2. The molecule has 1 atom stereocenters. The van der Waals surface area contributed by atoms with Crippen LogP contribution in [0, 0.1) is 0 Å². The predicted octanol–water partition coefficient (Wildman–Crippen LogP) is 1.17. The van der Waals surface area contributed by atoms with E-state index < -0.39 is 28.1 Å². The molecule has 0 aromatic heterocycles. The first-order chi connectivity index (χ1) is 15.3. The summed E-state index contributed by atoms with van der Waals surface area (Å²) in [5.41, 5.74) is 0.901. The first-order valence-electron chi connectivity index (χ1n) is 9.90. The molecule has 0 bridgehead atoms. The molecule has 0 saturated carbocycles. The smallest absolute Gasteiger partial charge is 0.309 e. The van der Waals surface area contributed by atoms with Gasteiger partial charge in [0.1, 0.15) is 12.0 Å². The maximum Gasteiger partial charge on any atom is 0.309 e. The Morgan fingerprint density at radius 3 is 2.53 bits per heavy atom. The lowest BCUT2D eigenvalue weighted by Gasteiger charge is -2.22. The Morgan fingerprint density at radius 1 is 1.12 bits per heavy atom. The molecule has 2 aromatic carbocycles. The molecular formula is C21H24ClN3O6S. The van der Waals surface area contributed by atoms with E-state index in [1.807, 2.05) is 24.3 Å². The molecule has 0 unspecified atom stereocenters. The maximum absolute atomic E-state index is 12.9. The van der Waals surface area contributed by atoms with Gasteiger partial charge in [-0.3, -0.25) is 9.59 Å². The lowest BCUT2D eigenvalue weighted by molar-refractivity contribution is -0.139. The van der Waals surface area contributed by atoms with Crippen molar-refractivity contribution in [3.63, 3.8) is 0 Å². The van der Waals surface area contributed by atoms with Gasteiger partial charge >= 0.3 is 11.8 Å². The number of amides is 2. The van der Waals surface area contributed by atoms with Crippen LogP contribution in [0.3, 0.4) is 0 Å². The van der Waals surface area contributed by atoms with E-state index >= 15 is 0 Å². The molecule has 2 N–H and O–H groups in total. The lowest BCUT2D eigenvalue weighted by Crippen LogP contribution is -2.47. The Kier molecular flexibility index (Phi) is 8.08. The predicted molar refractivity (Wildman–Crippen MR) is 118 cm³/mol. The van der Waals surface area contributed by atoms with E-state index in [2.05, 4.69) is 10.6 Å². The first kappa shape index (κ1) is 24.0. The van der Waals surface area contributed by atoms with E-state index in [0.29, 0.717) is 17.2 Å². The minimum Gasteiger partial charge on any atom is -0.496 e. The summed E-state index contributed by atoms with van der Waals surface area (Å²) in [6.07, 6.45) is -0.428. The van der Waals surface area contributed by atoms with Crippen molar-refractivity contribution in [2.45, 2.75) is 17.5 Å². The number of carbonyl (C=O) groups excluding carboxylic acids is 2. The number of nitrogens with one attached hydrogen (secondary N) is 2. The maximum atomic E-state index is 12.9. The number of carbonyl (C=O) groups is 2. The second-order valence-electron chi connectivity index (χ2n) is 6.92. The Labute approximate surface area is 191 Å². The van der Waals surface area contributed by atoms with E-state index in [-0.39, 0.29) is 31.1 Å². The molecule has 1 heterocycles. The average molecular weight is 482 g/mol. The van der Waals surface area contributed by atoms with Gasteiger partial charge in [0.05, 0.1) is 25.2 Å². The molecule has 11 heteroatoms. The van der Waals surface area contributed by atoms with Crippen LogP contribution >= 0.6 is 11.6 Å². The third-order valence-corrected chi connectivity index (χ3v) is 7.03. The Morgan fingerprint density at radius 2 is 1.81 bits per heavy atom. The lowest BCUT2D eigenvalue weighted by atomic mass is 10.1. The van der Waals surface area contributed by atoms with E-state index in [0.717, 1.165) is 9.87 Å². The number of rotatable bonds is 8. The number of benzene rings is 2. The Bertz CT molecular complexity index is 1060. The van der Waals surface area contributed by atoms with Gasteiger partial charge in [-0.15, -0.1) is 0 Å². The van der Waals surface area contributed by atoms with Gasteiger partial charge < -0.3 is 20.1 Å². The van der Waals surface area contributed by atoms with Crippen LogP contribution in [-0.4, -0.2) is 64.1 Å². The van der Waals surface area contributed by atoms with Crippen LogP contribution in [0.5, 0.6) is 5.75 Å². The van der Waals surface area contributed by atoms with Crippen LogP contribution in [0.2, 0.25) is 5.02 Å². The number of methoxy groups -OCH3 is 1. The third-order valence-electron chi connectivity index (χ3n) is 4.88. The summed E-state index contributed by atoms with van der Waals surface area (Å²) in [7, 11) is -2.28. The van der Waals surface area contributed by atoms with Crippen LogP contribution in [0.4, 0.5) is 0 Å². The minimum absolute atomic E-state index is 0.0674. The van der Waals surface area contributed by atoms with Gasteiger partial charge in [-0.1, -0.05) is 29.8 Å². The quantitative estimate of drug-likeness (QED) is 0.547. The summed E-state index contributed by atoms with van der Waals surface area (Å²) in [6.45, 7) is 0.393. The standard InChI is InChI=1S/C21H24ClN3O6S/c1-30-18-5-3-2-4-15(18)10-11-23-20(26)21(27)24-14-19-25(12-13-31-19)32(28,29)17-8-6-16(22)7-9-17/h2-9,19H,10-14H2,1H3,(H,23,26)(H,24,27)/t19-/m1/s1. The molecule has 1 aliphatic heterocycles. The average Bonchev–Trinajstić information content (AvgIpc) is 3.27. The van der Waals surface area contributed by atoms with Crippen molar-refractivity contribution in [2.24, 2.45) is 0 Å². The second-order valence-corrected chi connectivity index (χ2v) is 9.25. The third kappa shape index (κ3) is 5.77. The van der Waals surface area contributed by atoms with Crippen LogP contribution in [-0.2, 0) is 30.8 Å². The van der Waals surface area contributed by atoms with E-state index in [1.165, 1.54) is 24.3 Å². The first-order valence-corrected chi connectivity index (χ1v) is 11.7. The number of para-hydroxylation sites is 1. The van der Waals surface area contributed by atoms with Gasteiger partial charge in [-0.2, -0.15) is 4.31 Å². The molecular weight excluding hydrogens is 458 g/mol. The van der Waals surface area contributed by atoms with E-state index in [4.69, 9.17) is 21.1 Å². The molecule has 2 amide bonds. The van der Waals surface area contributed by atoms with Crippen molar-refractivity contribution in [3.05, 3.63) is 59.1 Å². The highest BCUT2D eigenvalue weighted by molar-refractivity contribution is 7.89. The van der Waals surface area contributed by atoms with Gasteiger partial charge in [0.15, 0.2) is 0 Å². The van der Waals surface area contributed by atoms with Gasteiger partial charge in [-0.05, 0) is 42.3 Å². The largest absolute Gasteiger partial charge is 0.496 e. The monoisotopic (exact) mass is 481 g/mol. The zero-order valence-corrected chi connectivity index (χ0v) is 19.0. The molecule has 172 valence electrons. The van der Waals surface area contributed by atoms with Gasteiger partial charge in [-0.25, -0.2) is 8.42 Å². The number of hydrogen-bond donors (Lipinski definition) is 2. The highest BCUT2D eigenvalue weighted by Gasteiger charge is 2.36. The summed E-state index contributed by atoms with van der Waals surface area (Å²) in [5, 5.41) is 5.39. The van der Waals surface area contributed by atoms with Gasteiger partial charge in [0.25, 0.3) is 0 Å². The molecule has 32 heavy (non-hydrogen) atoms.